The summed E-state index contributed by atoms with van der Waals surface area (Å²) in [5.41, 5.74) is 3.23. The number of H-pyrrole nitrogens is 1. The van der Waals surface area contributed by atoms with E-state index in [2.05, 4.69) is 25.3 Å². The molecule has 0 aliphatic carbocycles. The Morgan fingerprint density at radius 1 is 0.941 bits per heavy atom. The van der Waals surface area contributed by atoms with E-state index in [0.29, 0.717) is 22.8 Å². The number of nitrogens with zero attached hydrogens (tertiary/aromatic N) is 1. The molecule has 0 aliphatic heterocycles. The van der Waals surface area contributed by atoms with Crippen molar-refractivity contribution in [3.8, 4) is 11.1 Å². The number of carboxylic acid groups (broad SMARTS) is 1. The third kappa shape index (κ3) is 5.22. The Kier molecular flexibility index (Phi) is 6.30. The van der Waals surface area contributed by atoms with E-state index in [-0.39, 0.29) is 4.90 Å². The molecule has 4 rings (SSSR count). The van der Waals surface area contributed by atoms with E-state index < -0.39 is 28.1 Å². The molecule has 0 saturated heterocycles. The van der Waals surface area contributed by atoms with Crippen molar-refractivity contribution in [1.82, 2.24) is 14.7 Å². The smallest absolute Gasteiger partial charge is 0.326 e. The maximum absolute atomic E-state index is 12.5. The van der Waals surface area contributed by atoms with Gasteiger partial charge in [-0.05, 0) is 54.4 Å². The molecule has 10 nitrogen and oxygen atoms in total. The number of nitrogens with one attached hydrogen (secondary N) is 4. The van der Waals surface area contributed by atoms with Crippen LogP contribution >= 0.6 is 0 Å². The molecule has 3 aromatic carbocycles. The number of fused-ring (bicyclic) bond motifs is 1. The zero-order chi connectivity index (χ0) is 24.3. The van der Waals surface area contributed by atoms with E-state index in [1.54, 1.807) is 36.4 Å². The van der Waals surface area contributed by atoms with Gasteiger partial charge in [0.25, 0.3) is 0 Å². The van der Waals surface area contributed by atoms with Crippen molar-refractivity contribution in [2.75, 3.05) is 10.6 Å². The van der Waals surface area contributed by atoms with E-state index >= 15 is 0 Å². The number of carbonyl (C=O) groups is 2. The molecule has 0 saturated carbocycles. The Morgan fingerprint density at radius 2 is 1.65 bits per heavy atom. The number of carboxylic acids is 1. The van der Waals surface area contributed by atoms with E-state index in [0.717, 1.165) is 11.0 Å². The van der Waals surface area contributed by atoms with Gasteiger partial charge >= 0.3 is 12.0 Å². The molecule has 1 aromatic heterocycles. The van der Waals surface area contributed by atoms with Gasteiger partial charge in [-0.3, -0.25) is 10.1 Å². The van der Waals surface area contributed by atoms with Crippen LogP contribution in [0.5, 0.6) is 0 Å². The van der Waals surface area contributed by atoms with Gasteiger partial charge in [0.2, 0.25) is 16.0 Å². The number of anilines is 2. The van der Waals surface area contributed by atoms with Gasteiger partial charge in [-0.1, -0.05) is 36.4 Å². The molecular weight excluding hydrogens is 458 g/mol. The predicted molar refractivity (Wildman–Crippen MR) is 128 cm³/mol. The molecule has 0 aliphatic rings. The van der Waals surface area contributed by atoms with Crippen molar-refractivity contribution >= 4 is 44.7 Å². The number of carbonyl (C=O) groups excluding carboxylic acids is 1. The van der Waals surface area contributed by atoms with Crippen molar-refractivity contribution in [1.29, 1.82) is 0 Å². The minimum absolute atomic E-state index is 0.0703. The second kappa shape index (κ2) is 9.33. The number of hydrogen-bond donors (Lipinski definition) is 5. The molecule has 0 unspecified atom stereocenters. The van der Waals surface area contributed by atoms with Gasteiger partial charge in [0.1, 0.15) is 6.04 Å². The lowest BCUT2D eigenvalue weighted by molar-refractivity contribution is -0.138. The first-order chi connectivity index (χ1) is 16.2. The Balaban J connectivity index is 1.50. The first-order valence-corrected chi connectivity index (χ1v) is 11.7. The molecule has 0 fully saturated rings. The van der Waals surface area contributed by atoms with Crippen molar-refractivity contribution in [3.63, 3.8) is 0 Å². The Morgan fingerprint density at radius 3 is 2.38 bits per heavy atom. The third-order valence-electron chi connectivity index (χ3n) is 4.92. The van der Waals surface area contributed by atoms with Gasteiger partial charge in [0, 0.05) is 5.69 Å². The second-order valence-electron chi connectivity index (χ2n) is 7.47. The number of sulfonamides is 1. The van der Waals surface area contributed by atoms with Gasteiger partial charge in [-0.15, -0.1) is 0 Å². The fourth-order valence-electron chi connectivity index (χ4n) is 3.25. The van der Waals surface area contributed by atoms with Crippen LogP contribution in [0.4, 0.5) is 16.4 Å². The van der Waals surface area contributed by atoms with Crippen LogP contribution in [0.1, 0.15) is 6.92 Å². The molecule has 174 valence electrons. The normalized spacial score (nSPS) is 12.3. The zero-order valence-corrected chi connectivity index (χ0v) is 18.8. The number of aliphatic carboxylic acids is 1. The summed E-state index contributed by atoms with van der Waals surface area (Å²) < 4.78 is 27.2. The number of benzene rings is 3. The third-order valence-corrected chi connectivity index (χ3v) is 6.46. The summed E-state index contributed by atoms with van der Waals surface area (Å²) in [6.45, 7) is 1.25. The fourth-order valence-corrected chi connectivity index (χ4v) is 4.49. The lowest BCUT2D eigenvalue weighted by Crippen LogP contribution is -2.38. The summed E-state index contributed by atoms with van der Waals surface area (Å²) in [5.74, 6) is -0.977. The summed E-state index contributed by atoms with van der Waals surface area (Å²) in [7, 11) is -4.03. The number of para-hydroxylation sites is 2. The standard InChI is InChI=1S/C23H21N5O5S/c1-14(21(29)30)28-34(32,33)18-9-5-7-16(13-18)15-6-4-8-17(12-15)24-23(31)27-22-25-19-10-2-3-11-20(19)26-22/h2-14,28H,1H3,(H,29,30)(H3,24,25,26,27,31)/t14-/m0/s1. The molecule has 34 heavy (non-hydrogen) atoms. The number of amides is 2. The molecular formula is C23H21N5O5S. The van der Waals surface area contributed by atoms with Gasteiger partial charge in [-0.25, -0.2) is 18.2 Å². The minimum atomic E-state index is -4.03. The highest BCUT2D eigenvalue weighted by Gasteiger charge is 2.21. The van der Waals surface area contributed by atoms with Crippen LogP contribution in [-0.2, 0) is 14.8 Å². The largest absolute Gasteiger partial charge is 0.480 e. The molecule has 1 atom stereocenters. The predicted octanol–water partition coefficient (Wildman–Crippen LogP) is 3.63. The molecule has 11 heteroatoms. The molecule has 5 N–H and O–H groups in total. The maximum atomic E-state index is 12.5. The highest BCUT2D eigenvalue weighted by atomic mass is 32.2. The van der Waals surface area contributed by atoms with E-state index in [4.69, 9.17) is 5.11 Å². The first kappa shape index (κ1) is 23.0. The number of aromatic amines is 1. The molecule has 0 radical (unpaired) electrons. The van der Waals surface area contributed by atoms with Crippen LogP contribution in [0.25, 0.3) is 22.2 Å². The summed E-state index contributed by atoms with van der Waals surface area (Å²) in [6, 6.07) is 18.6. The number of imidazole rings is 1. The van der Waals surface area contributed by atoms with Crippen LogP contribution in [-0.4, -0.2) is 41.5 Å². The number of urea groups is 1. The average molecular weight is 480 g/mol. The summed E-state index contributed by atoms with van der Waals surface area (Å²) in [5, 5.41) is 14.4. The first-order valence-electron chi connectivity index (χ1n) is 10.2. The molecule has 4 aromatic rings. The lowest BCUT2D eigenvalue weighted by atomic mass is 10.1. The van der Waals surface area contributed by atoms with Crippen LogP contribution in [0.15, 0.2) is 77.7 Å². The minimum Gasteiger partial charge on any atom is -0.480 e. The molecule has 0 bridgehead atoms. The maximum Gasteiger partial charge on any atom is 0.326 e. The van der Waals surface area contributed by atoms with Crippen LogP contribution in [0, 0.1) is 0 Å². The number of hydrogen-bond acceptors (Lipinski definition) is 5. The van der Waals surface area contributed by atoms with Crippen molar-refractivity contribution < 1.29 is 23.1 Å². The Hall–Kier alpha value is -4.22. The van der Waals surface area contributed by atoms with Gasteiger partial charge in [-0.2, -0.15) is 4.72 Å². The van der Waals surface area contributed by atoms with Crippen LogP contribution in [0.2, 0.25) is 0 Å². The number of aromatic nitrogens is 2. The van der Waals surface area contributed by atoms with E-state index in [1.165, 1.54) is 19.1 Å². The van der Waals surface area contributed by atoms with Crippen molar-refractivity contribution in [2.24, 2.45) is 0 Å². The van der Waals surface area contributed by atoms with E-state index in [1.807, 2.05) is 24.3 Å². The quantitative estimate of drug-likeness (QED) is 0.273. The van der Waals surface area contributed by atoms with Crippen LogP contribution in [0.3, 0.4) is 0 Å². The average Bonchev–Trinajstić information content (AvgIpc) is 3.21. The van der Waals surface area contributed by atoms with Gasteiger partial charge in [0.05, 0.1) is 15.9 Å². The zero-order valence-electron chi connectivity index (χ0n) is 17.9. The SMILES string of the molecule is C[C@H](NS(=O)(=O)c1cccc(-c2cccc(NC(=O)Nc3nc4ccccc4[nH]3)c2)c1)C(=O)O. The van der Waals surface area contributed by atoms with Gasteiger partial charge < -0.3 is 15.4 Å². The summed E-state index contributed by atoms with van der Waals surface area (Å²) >= 11 is 0. The second-order valence-corrected chi connectivity index (χ2v) is 9.19. The number of rotatable bonds is 7. The molecule has 2 amide bonds. The van der Waals surface area contributed by atoms with Crippen molar-refractivity contribution in [3.05, 3.63) is 72.8 Å². The lowest BCUT2D eigenvalue weighted by Gasteiger charge is -2.12. The Labute approximate surface area is 195 Å². The fraction of sp³-hybridized carbons (Fsp3) is 0.0870. The molecule has 0 spiro atoms. The summed E-state index contributed by atoms with van der Waals surface area (Å²) in [6.07, 6.45) is 0. The van der Waals surface area contributed by atoms with Gasteiger partial charge in [0.15, 0.2) is 0 Å². The van der Waals surface area contributed by atoms with E-state index in [9.17, 15) is 18.0 Å². The molecule has 1 heterocycles. The monoisotopic (exact) mass is 479 g/mol. The van der Waals surface area contributed by atoms with Crippen molar-refractivity contribution in [2.45, 2.75) is 17.9 Å². The Bertz CT molecular complexity index is 1450. The highest BCUT2D eigenvalue weighted by molar-refractivity contribution is 7.89. The summed E-state index contributed by atoms with van der Waals surface area (Å²) in [4.78, 5) is 30.7. The highest BCUT2D eigenvalue weighted by Crippen LogP contribution is 2.25. The topological polar surface area (TPSA) is 153 Å². The van der Waals surface area contributed by atoms with Crippen LogP contribution < -0.4 is 15.4 Å².